The largest absolute Gasteiger partial charge is 0.455 e. The highest BCUT2D eigenvalue weighted by atomic mass is 16.3. The number of para-hydroxylation sites is 4. The Morgan fingerprint density at radius 1 is 0.474 bits per heavy atom. The van der Waals surface area contributed by atoms with Crippen LogP contribution in [0.1, 0.15) is 17.7 Å². The van der Waals surface area contributed by atoms with Gasteiger partial charge in [-0.25, -0.2) is 15.0 Å². The van der Waals surface area contributed by atoms with Gasteiger partial charge in [-0.3, -0.25) is 0 Å². The van der Waals surface area contributed by atoms with Gasteiger partial charge in [0.05, 0.1) is 16.6 Å². The summed E-state index contributed by atoms with van der Waals surface area (Å²) in [5.74, 6) is 1.64. The van der Waals surface area contributed by atoms with Crippen molar-refractivity contribution in [2.24, 2.45) is 0 Å². The number of aromatic nitrogens is 4. The number of nitrogens with zero attached hydrogens (tertiary/aromatic N) is 4. The van der Waals surface area contributed by atoms with Gasteiger partial charge in [0.1, 0.15) is 22.3 Å². The lowest BCUT2D eigenvalue weighted by Crippen LogP contribution is -2.02. The second kappa shape index (κ2) is 12.5. The zero-order valence-electron chi connectivity index (χ0n) is 30.7. The van der Waals surface area contributed by atoms with E-state index in [2.05, 4.69) is 102 Å². The molecule has 0 radical (unpaired) electrons. The SMILES string of the molecule is C1=Cc2c(n(-c3ccccc3)c3ccc(-c4cccc5oc6c(-c7nc(-c8ccccc8)nc(-c8cccc9c8oc8ccccc89)n7)cccc6c45)cc23)CC1. The van der Waals surface area contributed by atoms with Gasteiger partial charge in [-0.1, -0.05) is 121 Å². The van der Waals surface area contributed by atoms with Gasteiger partial charge in [0.25, 0.3) is 0 Å². The van der Waals surface area contributed by atoms with Crippen LogP contribution in [0.2, 0.25) is 0 Å². The van der Waals surface area contributed by atoms with E-state index in [1.165, 1.54) is 27.8 Å². The molecule has 12 rings (SSSR count). The second-order valence-corrected chi connectivity index (χ2v) is 14.6. The van der Waals surface area contributed by atoms with Crippen LogP contribution >= 0.6 is 0 Å². The molecule has 0 fully saturated rings. The molecule has 57 heavy (non-hydrogen) atoms. The van der Waals surface area contributed by atoms with Gasteiger partial charge in [0, 0.05) is 49.4 Å². The average Bonchev–Trinajstić information content (AvgIpc) is 3.96. The number of fused-ring (bicyclic) bond motifs is 9. The Morgan fingerprint density at radius 3 is 1.93 bits per heavy atom. The van der Waals surface area contributed by atoms with Crippen LogP contribution in [0, 0.1) is 0 Å². The Morgan fingerprint density at radius 2 is 1.11 bits per heavy atom. The van der Waals surface area contributed by atoms with Crippen molar-refractivity contribution in [1.82, 2.24) is 19.5 Å². The molecule has 6 heteroatoms. The molecular formula is C51H32N4O2. The minimum atomic E-state index is 0.528. The molecule has 0 bridgehead atoms. The molecular weight excluding hydrogens is 701 g/mol. The van der Waals surface area contributed by atoms with Crippen molar-refractivity contribution in [3.05, 3.63) is 175 Å². The van der Waals surface area contributed by atoms with Gasteiger partial charge in [0.2, 0.25) is 0 Å². The van der Waals surface area contributed by atoms with Crippen LogP contribution in [0.5, 0.6) is 0 Å². The summed E-state index contributed by atoms with van der Waals surface area (Å²) in [6.45, 7) is 0. The molecule has 0 N–H and O–H groups in total. The Kier molecular flexibility index (Phi) is 6.95. The summed E-state index contributed by atoms with van der Waals surface area (Å²) in [5, 5.41) is 5.39. The van der Waals surface area contributed by atoms with E-state index in [1.807, 2.05) is 72.8 Å². The van der Waals surface area contributed by atoms with Crippen LogP contribution in [0.25, 0.3) is 112 Å². The van der Waals surface area contributed by atoms with E-state index in [9.17, 15) is 0 Å². The first-order valence-corrected chi connectivity index (χ1v) is 19.3. The zero-order chi connectivity index (χ0) is 37.5. The van der Waals surface area contributed by atoms with Gasteiger partial charge < -0.3 is 13.4 Å². The Labute approximate surface area is 327 Å². The first kappa shape index (κ1) is 31.7. The molecule has 11 aromatic rings. The van der Waals surface area contributed by atoms with Crippen LogP contribution in [-0.2, 0) is 6.42 Å². The van der Waals surface area contributed by atoms with E-state index >= 15 is 0 Å². The van der Waals surface area contributed by atoms with E-state index in [4.69, 9.17) is 23.8 Å². The minimum Gasteiger partial charge on any atom is -0.455 e. The van der Waals surface area contributed by atoms with Crippen LogP contribution in [0.4, 0.5) is 0 Å². The molecule has 0 atom stereocenters. The highest BCUT2D eigenvalue weighted by Gasteiger charge is 2.23. The number of allylic oxidation sites excluding steroid dienone is 1. The lowest BCUT2D eigenvalue weighted by molar-refractivity contribution is 0.669. The summed E-state index contributed by atoms with van der Waals surface area (Å²) in [6, 6.07) is 54.4. The summed E-state index contributed by atoms with van der Waals surface area (Å²) < 4.78 is 15.7. The van der Waals surface area contributed by atoms with Crippen LogP contribution in [0.3, 0.4) is 0 Å². The third-order valence-corrected chi connectivity index (χ3v) is 11.3. The van der Waals surface area contributed by atoms with Gasteiger partial charge in [0.15, 0.2) is 17.5 Å². The predicted molar refractivity (Wildman–Crippen MR) is 230 cm³/mol. The van der Waals surface area contributed by atoms with Crippen LogP contribution < -0.4 is 0 Å². The second-order valence-electron chi connectivity index (χ2n) is 14.6. The topological polar surface area (TPSA) is 69.9 Å². The highest BCUT2D eigenvalue weighted by Crippen LogP contribution is 2.43. The van der Waals surface area contributed by atoms with Crippen molar-refractivity contribution in [1.29, 1.82) is 0 Å². The van der Waals surface area contributed by atoms with E-state index < -0.39 is 0 Å². The van der Waals surface area contributed by atoms with E-state index in [0.29, 0.717) is 17.5 Å². The quantitative estimate of drug-likeness (QED) is 0.176. The molecule has 1 aliphatic rings. The van der Waals surface area contributed by atoms with Crippen molar-refractivity contribution in [2.45, 2.75) is 12.8 Å². The number of rotatable bonds is 5. The van der Waals surface area contributed by atoms with Gasteiger partial charge >= 0.3 is 0 Å². The summed E-state index contributed by atoms with van der Waals surface area (Å²) in [4.78, 5) is 15.3. The number of hydrogen-bond donors (Lipinski definition) is 0. The normalized spacial score (nSPS) is 12.7. The van der Waals surface area contributed by atoms with Crippen molar-refractivity contribution in [3.8, 4) is 51.0 Å². The Hall–Kier alpha value is -7.57. The number of benzene rings is 7. The van der Waals surface area contributed by atoms with Crippen molar-refractivity contribution in [2.75, 3.05) is 0 Å². The van der Waals surface area contributed by atoms with E-state index in [-0.39, 0.29) is 0 Å². The van der Waals surface area contributed by atoms with Gasteiger partial charge in [-0.2, -0.15) is 0 Å². The van der Waals surface area contributed by atoms with Crippen molar-refractivity contribution < 1.29 is 8.83 Å². The third-order valence-electron chi connectivity index (χ3n) is 11.3. The first-order valence-electron chi connectivity index (χ1n) is 19.3. The maximum atomic E-state index is 6.81. The predicted octanol–water partition coefficient (Wildman–Crippen LogP) is 13.2. The maximum Gasteiger partial charge on any atom is 0.167 e. The molecule has 0 saturated heterocycles. The van der Waals surface area contributed by atoms with Crippen molar-refractivity contribution >= 4 is 60.9 Å². The maximum absolute atomic E-state index is 6.81. The smallest absolute Gasteiger partial charge is 0.167 e. The molecule has 6 nitrogen and oxygen atoms in total. The molecule has 0 amide bonds. The monoisotopic (exact) mass is 732 g/mol. The standard InChI is InChI=1S/C51H32N4O2/c1-3-14-31(15-4-1)49-52-50(39-23-11-21-37-36-19-8-10-26-44(36)56-47(37)39)54-51(53-49)40-24-12-22-38-46-34(20-13-27-45(46)57-48(38)40)32-28-29-43-41(30-32)35-18-7-9-25-42(35)55(43)33-16-5-2-6-17-33/h1-8,10-24,26-30H,9,25H2. The Bertz CT molecular complexity index is 3410. The van der Waals surface area contributed by atoms with Crippen LogP contribution in [0.15, 0.2) is 173 Å². The molecule has 7 aromatic carbocycles. The van der Waals surface area contributed by atoms with Gasteiger partial charge in [-0.05, 0) is 72.5 Å². The molecule has 268 valence electrons. The lowest BCUT2D eigenvalue weighted by atomic mass is 9.96. The van der Waals surface area contributed by atoms with E-state index in [1.54, 1.807) is 0 Å². The summed E-state index contributed by atoms with van der Waals surface area (Å²) in [5.41, 5.74) is 12.9. The molecule has 0 spiro atoms. The fourth-order valence-electron chi connectivity index (χ4n) is 8.78. The molecule has 0 unspecified atom stereocenters. The fraction of sp³-hybridized carbons (Fsp3) is 0.0392. The van der Waals surface area contributed by atoms with E-state index in [0.717, 1.165) is 84.5 Å². The molecule has 0 saturated carbocycles. The Balaban J connectivity index is 1.06. The lowest BCUT2D eigenvalue weighted by Gasteiger charge is -2.13. The van der Waals surface area contributed by atoms with Crippen molar-refractivity contribution in [3.63, 3.8) is 0 Å². The highest BCUT2D eigenvalue weighted by molar-refractivity contribution is 6.16. The summed E-state index contributed by atoms with van der Waals surface area (Å²) in [6.07, 6.45) is 6.64. The minimum absolute atomic E-state index is 0.528. The van der Waals surface area contributed by atoms with Crippen LogP contribution in [-0.4, -0.2) is 19.5 Å². The third kappa shape index (κ3) is 4.94. The molecule has 1 aliphatic carbocycles. The number of furan rings is 2. The fourth-order valence-corrected chi connectivity index (χ4v) is 8.78. The zero-order valence-corrected chi connectivity index (χ0v) is 30.7. The molecule has 4 heterocycles. The first-order chi connectivity index (χ1) is 28.3. The average molecular weight is 733 g/mol. The summed E-state index contributed by atoms with van der Waals surface area (Å²) in [7, 11) is 0. The van der Waals surface area contributed by atoms with Gasteiger partial charge in [-0.15, -0.1) is 0 Å². The molecule has 0 aliphatic heterocycles. The summed E-state index contributed by atoms with van der Waals surface area (Å²) >= 11 is 0. The number of hydrogen-bond acceptors (Lipinski definition) is 5. The molecule has 4 aromatic heterocycles.